The molecule has 0 aliphatic carbocycles. The lowest BCUT2D eigenvalue weighted by Crippen LogP contribution is -2.25. The summed E-state index contributed by atoms with van der Waals surface area (Å²) in [5.41, 5.74) is 6.83. The van der Waals surface area contributed by atoms with E-state index in [-0.39, 0.29) is 5.41 Å². The highest BCUT2D eigenvalue weighted by Gasteiger charge is 2.17. The lowest BCUT2D eigenvalue weighted by Gasteiger charge is -2.25. The molecule has 0 atom stereocenters. The summed E-state index contributed by atoms with van der Waals surface area (Å²) in [6.07, 6.45) is 2.70. The van der Waals surface area contributed by atoms with Crippen LogP contribution in [0.2, 0.25) is 0 Å². The Hall–Kier alpha value is -1.29. The monoisotopic (exact) mass is 223 g/mol. The van der Waals surface area contributed by atoms with Crippen LogP contribution in [0.25, 0.3) is 0 Å². The molecule has 1 heterocycles. The fraction of sp³-hybridized carbons (Fsp3) is 0.583. The number of hydrogen-bond acceptors (Lipinski definition) is 4. The van der Waals surface area contributed by atoms with E-state index in [9.17, 15) is 0 Å². The number of ether oxygens (including phenoxy) is 1. The summed E-state index contributed by atoms with van der Waals surface area (Å²) >= 11 is 0. The van der Waals surface area contributed by atoms with E-state index in [1.54, 1.807) is 13.3 Å². The molecule has 0 spiro atoms. The van der Waals surface area contributed by atoms with Crippen molar-refractivity contribution < 1.29 is 4.74 Å². The quantitative estimate of drug-likeness (QED) is 0.775. The van der Waals surface area contributed by atoms with Gasteiger partial charge in [0.1, 0.15) is 5.82 Å². The number of nitrogens with two attached hydrogens (primary N) is 1. The van der Waals surface area contributed by atoms with Crippen molar-refractivity contribution in [3.63, 3.8) is 0 Å². The molecule has 4 nitrogen and oxygen atoms in total. The van der Waals surface area contributed by atoms with Crippen molar-refractivity contribution in [3.8, 4) is 0 Å². The van der Waals surface area contributed by atoms with Crippen molar-refractivity contribution in [2.45, 2.75) is 20.3 Å². The molecule has 1 aromatic rings. The molecule has 0 amide bonds. The average molecular weight is 223 g/mol. The Kier molecular flexibility index (Phi) is 4.55. The lowest BCUT2D eigenvalue weighted by molar-refractivity contribution is 0.157. The number of hydrogen-bond donors (Lipinski definition) is 2. The maximum atomic E-state index is 5.75. The lowest BCUT2D eigenvalue weighted by atomic mass is 9.89. The molecule has 0 saturated carbocycles. The first-order valence-electron chi connectivity index (χ1n) is 5.48. The number of rotatable bonds is 6. The number of aromatic nitrogens is 1. The van der Waals surface area contributed by atoms with E-state index in [1.807, 2.05) is 12.1 Å². The van der Waals surface area contributed by atoms with Crippen LogP contribution in [0.1, 0.15) is 20.3 Å². The zero-order chi connectivity index (χ0) is 12.0. The van der Waals surface area contributed by atoms with Gasteiger partial charge >= 0.3 is 0 Å². The van der Waals surface area contributed by atoms with Gasteiger partial charge in [-0.05, 0) is 24.0 Å². The van der Waals surface area contributed by atoms with Gasteiger partial charge in [-0.15, -0.1) is 0 Å². The highest BCUT2D eigenvalue weighted by atomic mass is 16.5. The Balaban J connectivity index is 2.47. The van der Waals surface area contributed by atoms with E-state index in [2.05, 4.69) is 24.1 Å². The zero-order valence-electron chi connectivity index (χ0n) is 10.3. The van der Waals surface area contributed by atoms with Gasteiger partial charge in [-0.25, -0.2) is 4.98 Å². The topological polar surface area (TPSA) is 60.2 Å². The summed E-state index contributed by atoms with van der Waals surface area (Å²) in [5, 5.41) is 3.32. The van der Waals surface area contributed by atoms with Crippen LogP contribution >= 0.6 is 0 Å². The molecule has 0 aromatic carbocycles. The molecule has 0 aliphatic rings. The second kappa shape index (κ2) is 5.70. The minimum absolute atomic E-state index is 0.179. The summed E-state index contributed by atoms with van der Waals surface area (Å²) in [6.45, 7) is 6.03. The van der Waals surface area contributed by atoms with Crippen LogP contribution in [0.4, 0.5) is 11.5 Å². The predicted molar refractivity (Wildman–Crippen MR) is 67.4 cm³/mol. The highest BCUT2D eigenvalue weighted by molar-refractivity contribution is 5.60. The molecule has 16 heavy (non-hydrogen) atoms. The standard InChI is InChI=1S/C12H21N3O/c1-12(2,6-8-16-3)9-15-10-5-4-7-14-11(10)13/h4-5,7,15H,6,8-9H2,1-3H3,(H2,13,14). The van der Waals surface area contributed by atoms with E-state index in [0.717, 1.165) is 25.3 Å². The third-order valence-corrected chi connectivity index (χ3v) is 2.58. The van der Waals surface area contributed by atoms with Crippen LogP contribution in [0.3, 0.4) is 0 Å². The van der Waals surface area contributed by atoms with Gasteiger partial charge in [-0.1, -0.05) is 13.8 Å². The van der Waals surface area contributed by atoms with Crippen LogP contribution in [0, 0.1) is 5.41 Å². The number of pyridine rings is 1. The van der Waals surface area contributed by atoms with Crippen LogP contribution in [-0.4, -0.2) is 25.2 Å². The van der Waals surface area contributed by atoms with E-state index in [4.69, 9.17) is 10.5 Å². The van der Waals surface area contributed by atoms with Gasteiger partial charge in [-0.3, -0.25) is 0 Å². The van der Waals surface area contributed by atoms with Crippen LogP contribution < -0.4 is 11.1 Å². The Bertz CT molecular complexity index is 326. The van der Waals surface area contributed by atoms with Gasteiger partial charge in [0, 0.05) is 26.5 Å². The van der Waals surface area contributed by atoms with Crippen LogP contribution in [-0.2, 0) is 4.74 Å². The minimum atomic E-state index is 0.179. The first kappa shape index (κ1) is 12.8. The maximum Gasteiger partial charge on any atom is 0.146 e. The van der Waals surface area contributed by atoms with Gasteiger partial charge in [0.15, 0.2) is 0 Å². The molecule has 4 heteroatoms. The largest absolute Gasteiger partial charge is 0.385 e. The van der Waals surface area contributed by atoms with Gasteiger partial charge in [0.05, 0.1) is 5.69 Å². The van der Waals surface area contributed by atoms with E-state index >= 15 is 0 Å². The normalized spacial score (nSPS) is 11.4. The fourth-order valence-corrected chi connectivity index (χ4v) is 1.37. The molecule has 1 rings (SSSR count). The molecule has 0 unspecified atom stereocenters. The SMILES string of the molecule is COCCC(C)(C)CNc1cccnc1N. The molecular weight excluding hydrogens is 202 g/mol. The number of nitrogens with zero attached hydrogens (tertiary/aromatic N) is 1. The molecule has 90 valence electrons. The third-order valence-electron chi connectivity index (χ3n) is 2.58. The van der Waals surface area contributed by atoms with E-state index < -0.39 is 0 Å². The number of nitrogen functional groups attached to an aromatic ring is 1. The van der Waals surface area contributed by atoms with Gasteiger partial charge < -0.3 is 15.8 Å². The molecule has 1 aromatic heterocycles. The Labute approximate surface area is 97.2 Å². The summed E-state index contributed by atoms with van der Waals surface area (Å²) in [7, 11) is 1.72. The number of nitrogens with one attached hydrogen (secondary N) is 1. The third kappa shape index (κ3) is 4.06. The Morgan fingerprint density at radius 3 is 2.88 bits per heavy atom. The number of methoxy groups -OCH3 is 1. The summed E-state index contributed by atoms with van der Waals surface area (Å²) in [4.78, 5) is 4.03. The smallest absolute Gasteiger partial charge is 0.146 e. The maximum absolute atomic E-state index is 5.75. The number of anilines is 2. The second-order valence-electron chi connectivity index (χ2n) is 4.70. The zero-order valence-corrected chi connectivity index (χ0v) is 10.3. The first-order valence-corrected chi connectivity index (χ1v) is 5.48. The highest BCUT2D eigenvalue weighted by Crippen LogP contribution is 2.22. The van der Waals surface area contributed by atoms with E-state index in [0.29, 0.717) is 5.82 Å². The van der Waals surface area contributed by atoms with E-state index in [1.165, 1.54) is 0 Å². The van der Waals surface area contributed by atoms with Crippen LogP contribution in [0.5, 0.6) is 0 Å². The molecule has 0 aliphatic heterocycles. The fourth-order valence-electron chi connectivity index (χ4n) is 1.37. The molecule has 0 bridgehead atoms. The molecule has 0 fully saturated rings. The van der Waals surface area contributed by atoms with Gasteiger partial charge in [0.2, 0.25) is 0 Å². The first-order chi connectivity index (χ1) is 7.55. The molecular formula is C12H21N3O. The second-order valence-corrected chi connectivity index (χ2v) is 4.70. The van der Waals surface area contributed by atoms with Crippen molar-refractivity contribution in [3.05, 3.63) is 18.3 Å². The summed E-state index contributed by atoms with van der Waals surface area (Å²) < 4.78 is 5.09. The Morgan fingerprint density at radius 2 is 2.25 bits per heavy atom. The van der Waals surface area contributed by atoms with Gasteiger partial charge in [0.25, 0.3) is 0 Å². The van der Waals surface area contributed by atoms with Crippen molar-refractivity contribution in [2.75, 3.05) is 31.3 Å². The minimum Gasteiger partial charge on any atom is -0.385 e. The summed E-state index contributed by atoms with van der Waals surface area (Å²) in [5.74, 6) is 0.546. The summed E-state index contributed by atoms with van der Waals surface area (Å²) in [6, 6.07) is 3.82. The average Bonchev–Trinajstić information content (AvgIpc) is 2.26. The van der Waals surface area contributed by atoms with Crippen molar-refractivity contribution in [2.24, 2.45) is 5.41 Å². The van der Waals surface area contributed by atoms with Gasteiger partial charge in [-0.2, -0.15) is 0 Å². The van der Waals surface area contributed by atoms with Crippen molar-refractivity contribution in [1.82, 2.24) is 4.98 Å². The molecule has 0 saturated heterocycles. The van der Waals surface area contributed by atoms with Crippen LogP contribution in [0.15, 0.2) is 18.3 Å². The Morgan fingerprint density at radius 1 is 1.50 bits per heavy atom. The van der Waals surface area contributed by atoms with Crippen molar-refractivity contribution in [1.29, 1.82) is 0 Å². The van der Waals surface area contributed by atoms with Crippen molar-refractivity contribution >= 4 is 11.5 Å². The molecule has 3 N–H and O–H groups in total. The molecule has 0 radical (unpaired) electrons. The predicted octanol–water partition coefficient (Wildman–Crippen LogP) is 2.14.